The zero-order valence-electron chi connectivity index (χ0n) is 22.6. The number of pyridine rings is 2. The molecule has 0 atom stereocenters. The Balaban J connectivity index is 1.19. The topological polar surface area (TPSA) is 35.1 Å². The van der Waals surface area contributed by atoms with E-state index in [1.54, 1.807) is 0 Å². The van der Waals surface area contributed by atoms with Crippen molar-refractivity contribution in [3.05, 3.63) is 146 Å². The van der Waals surface area contributed by atoms with Gasteiger partial charge >= 0.3 is 0 Å². The summed E-state index contributed by atoms with van der Waals surface area (Å²) in [6, 6.07) is 49.3. The first-order valence-electron chi connectivity index (χ1n) is 14.2. The Morgan fingerprint density at radius 3 is 1.98 bits per heavy atom. The third-order valence-electron chi connectivity index (χ3n) is 8.34. The fourth-order valence-corrected chi connectivity index (χ4v) is 6.38. The van der Waals surface area contributed by atoms with Crippen molar-refractivity contribution < 1.29 is 0 Å². The van der Waals surface area contributed by atoms with Gasteiger partial charge in [-0.15, -0.1) is 0 Å². The van der Waals surface area contributed by atoms with Crippen LogP contribution in [0.4, 0.5) is 0 Å². The maximum atomic E-state index is 5.17. The monoisotopic (exact) mass is 536 g/mol. The van der Waals surface area contributed by atoms with Gasteiger partial charge in [-0.25, -0.2) is 9.97 Å². The van der Waals surface area contributed by atoms with Gasteiger partial charge in [-0.3, -0.25) is 4.40 Å². The molecule has 196 valence electrons. The van der Waals surface area contributed by atoms with Gasteiger partial charge in [0.2, 0.25) is 0 Å². The van der Waals surface area contributed by atoms with Crippen molar-refractivity contribution >= 4 is 49.4 Å². The Kier molecular flexibility index (Phi) is 4.87. The van der Waals surface area contributed by atoms with E-state index < -0.39 is 0 Å². The van der Waals surface area contributed by atoms with E-state index in [4.69, 9.17) is 9.97 Å². The molecule has 0 radical (unpaired) electrons. The van der Waals surface area contributed by atoms with E-state index in [1.165, 1.54) is 38.6 Å². The van der Waals surface area contributed by atoms with Crippen LogP contribution in [0.1, 0.15) is 0 Å². The van der Waals surface area contributed by atoms with Crippen LogP contribution in [0.15, 0.2) is 146 Å². The third-order valence-corrected chi connectivity index (χ3v) is 8.34. The van der Waals surface area contributed by atoms with Crippen molar-refractivity contribution in [2.45, 2.75) is 0 Å². The van der Waals surface area contributed by atoms with Crippen molar-refractivity contribution in [1.82, 2.24) is 18.9 Å². The number of hydrogen-bond acceptors (Lipinski definition) is 2. The number of imidazole rings is 1. The number of rotatable bonds is 3. The van der Waals surface area contributed by atoms with Crippen molar-refractivity contribution in [2.24, 2.45) is 0 Å². The van der Waals surface area contributed by atoms with E-state index in [0.29, 0.717) is 0 Å². The second kappa shape index (κ2) is 8.88. The number of nitrogens with zero attached hydrogens (tertiary/aromatic N) is 4. The Morgan fingerprint density at radius 2 is 1.12 bits per heavy atom. The van der Waals surface area contributed by atoms with Crippen LogP contribution in [-0.4, -0.2) is 18.9 Å². The summed E-state index contributed by atoms with van der Waals surface area (Å²) < 4.78 is 4.42. The molecule has 0 unspecified atom stereocenters. The maximum Gasteiger partial charge on any atom is 0.165 e. The summed E-state index contributed by atoms with van der Waals surface area (Å²) in [5.41, 5.74) is 10.7. The lowest BCUT2D eigenvalue weighted by Crippen LogP contribution is -1.93. The molecule has 4 aromatic heterocycles. The molecule has 4 heteroatoms. The minimum Gasteiger partial charge on any atom is -0.309 e. The molecule has 0 fully saturated rings. The molecule has 0 spiro atoms. The minimum absolute atomic E-state index is 0.878. The van der Waals surface area contributed by atoms with E-state index in [2.05, 4.69) is 130 Å². The summed E-state index contributed by atoms with van der Waals surface area (Å²) >= 11 is 0. The van der Waals surface area contributed by atoms with E-state index in [1.807, 2.05) is 24.4 Å². The molecule has 0 N–H and O–H groups in total. The van der Waals surface area contributed by atoms with Crippen LogP contribution in [0.2, 0.25) is 0 Å². The number of benzene rings is 5. The highest BCUT2D eigenvalue weighted by atomic mass is 15.1. The third kappa shape index (κ3) is 3.36. The molecule has 0 aliphatic heterocycles. The molecule has 0 saturated carbocycles. The van der Waals surface area contributed by atoms with Crippen LogP contribution < -0.4 is 0 Å². The van der Waals surface area contributed by atoms with Crippen LogP contribution in [0.25, 0.3) is 77.5 Å². The van der Waals surface area contributed by atoms with Gasteiger partial charge in [0.05, 0.1) is 16.7 Å². The van der Waals surface area contributed by atoms with Crippen molar-refractivity contribution in [3.8, 4) is 28.1 Å². The fourth-order valence-electron chi connectivity index (χ4n) is 6.38. The Hall–Kier alpha value is -5.74. The molecule has 0 aliphatic carbocycles. The maximum absolute atomic E-state index is 5.17. The van der Waals surface area contributed by atoms with Crippen molar-refractivity contribution in [2.75, 3.05) is 0 Å². The van der Waals surface area contributed by atoms with Gasteiger partial charge in [0.15, 0.2) is 5.65 Å². The van der Waals surface area contributed by atoms with E-state index >= 15 is 0 Å². The molecular weight excluding hydrogens is 512 g/mol. The normalized spacial score (nSPS) is 11.8. The summed E-state index contributed by atoms with van der Waals surface area (Å²) in [6.07, 6.45) is 2.03. The SMILES string of the molecule is c1ccc(-n2c3ccccc3c3cc(-c4ccc(-c5nc6c(nc7ccccn76)c6ccccc56)cc4)ccc32)cc1. The second-order valence-corrected chi connectivity index (χ2v) is 10.7. The zero-order chi connectivity index (χ0) is 27.6. The van der Waals surface area contributed by atoms with Gasteiger partial charge < -0.3 is 4.57 Å². The summed E-state index contributed by atoms with van der Waals surface area (Å²) in [4.78, 5) is 10.1. The number of aromatic nitrogens is 4. The number of fused-ring (bicyclic) bond motifs is 8. The first-order chi connectivity index (χ1) is 20.8. The molecular formula is C38H24N4. The highest BCUT2D eigenvalue weighted by molar-refractivity contribution is 6.11. The first kappa shape index (κ1) is 23.0. The Labute approximate surface area is 241 Å². The van der Waals surface area contributed by atoms with Gasteiger partial charge in [0.25, 0.3) is 0 Å². The molecule has 9 aromatic rings. The molecule has 0 amide bonds. The predicted octanol–water partition coefficient (Wildman–Crippen LogP) is 9.47. The summed E-state index contributed by atoms with van der Waals surface area (Å²) in [5.74, 6) is 0. The number of hydrogen-bond donors (Lipinski definition) is 0. The van der Waals surface area contributed by atoms with Crippen LogP contribution in [0.3, 0.4) is 0 Å². The zero-order valence-corrected chi connectivity index (χ0v) is 22.6. The molecule has 4 nitrogen and oxygen atoms in total. The van der Waals surface area contributed by atoms with E-state index in [9.17, 15) is 0 Å². The molecule has 42 heavy (non-hydrogen) atoms. The van der Waals surface area contributed by atoms with Gasteiger partial charge in [-0.1, -0.05) is 97.1 Å². The predicted molar refractivity (Wildman–Crippen MR) is 173 cm³/mol. The summed E-state index contributed by atoms with van der Waals surface area (Å²) in [7, 11) is 0. The number of para-hydroxylation sites is 2. The summed E-state index contributed by atoms with van der Waals surface area (Å²) in [5, 5.41) is 4.73. The molecule has 5 aromatic carbocycles. The van der Waals surface area contributed by atoms with Crippen molar-refractivity contribution in [1.29, 1.82) is 0 Å². The fraction of sp³-hybridized carbons (Fsp3) is 0. The van der Waals surface area contributed by atoms with Crippen LogP contribution in [0, 0.1) is 0 Å². The average molecular weight is 537 g/mol. The molecule has 0 saturated heterocycles. The lowest BCUT2D eigenvalue weighted by atomic mass is 9.98. The van der Waals surface area contributed by atoms with Gasteiger partial charge in [-0.2, -0.15) is 0 Å². The van der Waals surface area contributed by atoms with Crippen molar-refractivity contribution in [3.63, 3.8) is 0 Å². The minimum atomic E-state index is 0.878. The largest absolute Gasteiger partial charge is 0.309 e. The standard InChI is InChI=1S/C38H24N4/c1-2-10-28(11-3-1)42-33-15-7-6-12-29(33)32-24-27(21-22-34(32)42)25-17-19-26(20-18-25)36-30-13-4-5-14-31(30)37-38(40-36)41-23-9-8-16-35(41)39-37/h1-24H. The molecule has 4 heterocycles. The molecule has 0 bridgehead atoms. The lowest BCUT2D eigenvalue weighted by Gasteiger charge is -2.10. The quantitative estimate of drug-likeness (QED) is 0.225. The van der Waals surface area contributed by atoms with Crippen LogP contribution in [-0.2, 0) is 0 Å². The van der Waals surface area contributed by atoms with Gasteiger partial charge in [0, 0.05) is 39.0 Å². The lowest BCUT2D eigenvalue weighted by molar-refractivity contribution is 1.18. The van der Waals surface area contributed by atoms with Crippen LogP contribution in [0.5, 0.6) is 0 Å². The highest BCUT2D eigenvalue weighted by Crippen LogP contribution is 2.36. The van der Waals surface area contributed by atoms with Gasteiger partial charge in [-0.05, 0) is 53.6 Å². The Bertz CT molecular complexity index is 2450. The molecule has 9 rings (SSSR count). The van der Waals surface area contributed by atoms with Gasteiger partial charge in [0.1, 0.15) is 11.2 Å². The highest BCUT2D eigenvalue weighted by Gasteiger charge is 2.16. The van der Waals surface area contributed by atoms with Crippen LogP contribution >= 0.6 is 0 Å². The van der Waals surface area contributed by atoms with E-state index in [-0.39, 0.29) is 0 Å². The summed E-state index contributed by atoms with van der Waals surface area (Å²) in [6.45, 7) is 0. The molecule has 0 aliphatic rings. The smallest absolute Gasteiger partial charge is 0.165 e. The Morgan fingerprint density at radius 1 is 0.452 bits per heavy atom. The first-order valence-corrected chi connectivity index (χ1v) is 14.2. The average Bonchev–Trinajstić information content (AvgIpc) is 3.60. The second-order valence-electron chi connectivity index (χ2n) is 10.7. The van der Waals surface area contributed by atoms with E-state index in [0.717, 1.165) is 38.8 Å².